The lowest BCUT2D eigenvalue weighted by atomic mass is 10.0. The molecular formula is C33H51N4O9P. The Kier molecular flexibility index (Phi) is 17.1. The van der Waals surface area contributed by atoms with Crippen LogP contribution in [0.4, 0.5) is 5.82 Å². The maximum atomic E-state index is 13.3. The van der Waals surface area contributed by atoms with E-state index < -0.39 is 38.0 Å². The number of amides is 1. The predicted octanol–water partition coefficient (Wildman–Crippen LogP) is 6.80. The Labute approximate surface area is 277 Å². The lowest BCUT2D eigenvalue weighted by Crippen LogP contribution is -2.34. The summed E-state index contributed by atoms with van der Waals surface area (Å²) in [7, 11) is -4.16. The van der Waals surface area contributed by atoms with E-state index >= 15 is 0 Å². The number of aliphatic carboxylic acids is 1. The molecule has 3 N–H and O–H groups in total. The van der Waals surface area contributed by atoms with Crippen molar-refractivity contribution < 1.29 is 37.8 Å². The van der Waals surface area contributed by atoms with Crippen molar-refractivity contribution >= 4 is 25.4 Å². The monoisotopic (exact) mass is 678 g/mol. The van der Waals surface area contributed by atoms with Crippen LogP contribution in [-0.4, -0.2) is 52.1 Å². The van der Waals surface area contributed by atoms with Crippen LogP contribution < -0.4 is 20.6 Å². The first-order valence-corrected chi connectivity index (χ1v) is 18.4. The standard InChI is InChI=1S/C33H51N4O9P/c1-3-4-5-6-7-8-9-10-11-12-13-14-18-21-29(38)34-28-22-23-37(33(41)35-28)30-24-43-31(45-30)25-44-47(42,36-26(2)32(39)40)46-27-19-16-15-17-20-27/h15-17,19-20,22-23,26,30-31H,3-14,18,21,24-25H2,1-2H3,(H,36,42)(H,39,40)(H,34,35,38,41)/t26?,30-,31-,47?/m0/s1. The predicted molar refractivity (Wildman–Crippen MR) is 178 cm³/mol. The second-order valence-corrected chi connectivity index (χ2v) is 13.5. The van der Waals surface area contributed by atoms with Crippen LogP contribution in [0.2, 0.25) is 0 Å². The smallest absolute Gasteiger partial charge is 0.459 e. The molecule has 1 aromatic heterocycles. The van der Waals surface area contributed by atoms with Crippen LogP contribution in [-0.2, 0) is 28.2 Å². The molecule has 262 valence electrons. The van der Waals surface area contributed by atoms with Crippen LogP contribution in [0.5, 0.6) is 5.75 Å². The van der Waals surface area contributed by atoms with Crippen LogP contribution in [0.25, 0.3) is 0 Å². The van der Waals surface area contributed by atoms with Gasteiger partial charge in [-0.1, -0.05) is 102 Å². The van der Waals surface area contributed by atoms with Gasteiger partial charge in [0.05, 0.1) is 6.61 Å². The molecule has 2 heterocycles. The first-order chi connectivity index (χ1) is 22.7. The summed E-state index contributed by atoms with van der Waals surface area (Å²) in [6.45, 7) is 3.14. The Balaban J connectivity index is 1.36. The molecule has 1 aromatic carbocycles. The minimum Gasteiger partial charge on any atom is -0.480 e. The molecular weight excluding hydrogens is 627 g/mol. The molecule has 1 fully saturated rings. The van der Waals surface area contributed by atoms with E-state index in [-0.39, 0.29) is 30.7 Å². The van der Waals surface area contributed by atoms with E-state index in [1.54, 1.807) is 30.3 Å². The number of anilines is 1. The molecule has 0 aliphatic carbocycles. The zero-order valence-electron chi connectivity index (χ0n) is 27.6. The van der Waals surface area contributed by atoms with Crippen molar-refractivity contribution in [2.24, 2.45) is 0 Å². The molecule has 1 aliphatic rings. The summed E-state index contributed by atoms with van der Waals surface area (Å²) in [5.74, 6) is -1.07. The van der Waals surface area contributed by atoms with Gasteiger partial charge in [-0.3, -0.25) is 18.7 Å². The van der Waals surface area contributed by atoms with E-state index in [1.165, 1.54) is 88.0 Å². The minimum absolute atomic E-state index is 0.0246. The maximum absolute atomic E-state index is 13.3. The second kappa shape index (κ2) is 21.0. The molecule has 4 atom stereocenters. The van der Waals surface area contributed by atoms with Gasteiger partial charge in [0.1, 0.15) is 24.2 Å². The first-order valence-electron chi connectivity index (χ1n) is 16.8. The van der Waals surface area contributed by atoms with Crippen molar-refractivity contribution in [3.05, 3.63) is 53.1 Å². The van der Waals surface area contributed by atoms with Crippen LogP contribution >= 0.6 is 7.75 Å². The Morgan fingerprint density at radius 1 is 1.00 bits per heavy atom. The number of nitrogens with zero attached hydrogens (tertiary/aromatic N) is 2. The number of carboxylic acid groups (broad SMARTS) is 1. The fraction of sp³-hybridized carbons (Fsp3) is 0.636. The summed E-state index contributed by atoms with van der Waals surface area (Å²) < 4.78 is 36.8. The van der Waals surface area contributed by atoms with Gasteiger partial charge in [0, 0.05) is 12.6 Å². The van der Waals surface area contributed by atoms with Gasteiger partial charge in [-0.25, -0.2) is 9.36 Å². The number of carboxylic acids is 1. The van der Waals surface area contributed by atoms with Gasteiger partial charge >= 0.3 is 19.4 Å². The molecule has 0 spiro atoms. The maximum Gasteiger partial charge on any atom is 0.459 e. The third kappa shape index (κ3) is 14.7. The molecule has 14 heteroatoms. The topological polar surface area (TPSA) is 167 Å². The van der Waals surface area contributed by atoms with Crippen molar-refractivity contribution in [3.63, 3.8) is 0 Å². The highest BCUT2D eigenvalue weighted by Crippen LogP contribution is 2.45. The number of para-hydroxylation sites is 1. The number of aromatic nitrogens is 2. The highest BCUT2D eigenvalue weighted by Gasteiger charge is 2.35. The molecule has 13 nitrogen and oxygen atoms in total. The van der Waals surface area contributed by atoms with Crippen molar-refractivity contribution in [2.45, 2.75) is 122 Å². The number of unbranched alkanes of at least 4 members (excludes halogenated alkanes) is 12. The Morgan fingerprint density at radius 3 is 2.21 bits per heavy atom. The van der Waals surface area contributed by atoms with Gasteiger partial charge in [-0.2, -0.15) is 10.1 Å². The van der Waals surface area contributed by atoms with Crippen molar-refractivity contribution in [1.29, 1.82) is 0 Å². The van der Waals surface area contributed by atoms with E-state index in [0.29, 0.717) is 6.42 Å². The van der Waals surface area contributed by atoms with Crippen molar-refractivity contribution in [3.8, 4) is 5.75 Å². The highest BCUT2D eigenvalue weighted by molar-refractivity contribution is 7.52. The number of hydrogen-bond donors (Lipinski definition) is 3. The molecule has 0 saturated carbocycles. The normalized spacial score (nSPS) is 18.0. The van der Waals surface area contributed by atoms with Gasteiger partial charge in [-0.05, 0) is 31.5 Å². The molecule has 2 aromatic rings. The molecule has 2 unspecified atom stereocenters. The van der Waals surface area contributed by atoms with E-state index in [1.807, 2.05) is 0 Å². The Hall–Kier alpha value is -3.09. The minimum atomic E-state index is -4.16. The van der Waals surface area contributed by atoms with E-state index in [2.05, 4.69) is 22.3 Å². The van der Waals surface area contributed by atoms with Crippen LogP contribution in [0.1, 0.15) is 110 Å². The highest BCUT2D eigenvalue weighted by atomic mass is 31.2. The van der Waals surface area contributed by atoms with Crippen molar-refractivity contribution in [1.82, 2.24) is 14.6 Å². The fourth-order valence-corrected chi connectivity index (χ4v) is 6.53. The van der Waals surface area contributed by atoms with Crippen LogP contribution in [0, 0.1) is 0 Å². The molecule has 1 amide bonds. The summed E-state index contributed by atoms with van der Waals surface area (Å²) in [5, 5.41) is 14.3. The third-order valence-electron chi connectivity index (χ3n) is 7.72. The number of rotatable bonds is 24. The van der Waals surface area contributed by atoms with Gasteiger partial charge in [0.2, 0.25) is 5.91 Å². The number of hydrogen-bond acceptors (Lipinski definition) is 9. The number of nitrogens with one attached hydrogen (secondary N) is 2. The average molecular weight is 679 g/mol. The van der Waals surface area contributed by atoms with E-state index in [9.17, 15) is 24.1 Å². The lowest BCUT2D eigenvalue weighted by molar-refractivity contribution is -0.138. The molecule has 47 heavy (non-hydrogen) atoms. The largest absolute Gasteiger partial charge is 0.480 e. The molecule has 0 radical (unpaired) electrons. The lowest BCUT2D eigenvalue weighted by Gasteiger charge is -2.23. The number of benzene rings is 1. The first kappa shape index (κ1) is 38.4. The summed E-state index contributed by atoms with van der Waals surface area (Å²) in [6.07, 6.45) is 15.9. The zero-order valence-corrected chi connectivity index (χ0v) is 28.5. The third-order valence-corrected chi connectivity index (χ3v) is 9.36. The SMILES string of the molecule is CCCCCCCCCCCCCCCC(=O)Nc1ccn([C@@H]2CO[C@H](COP(=O)(NC(C)C(=O)O)Oc3ccccc3)O2)c(=O)n1. The van der Waals surface area contributed by atoms with Crippen molar-refractivity contribution in [2.75, 3.05) is 18.5 Å². The average Bonchev–Trinajstić information content (AvgIpc) is 3.51. The summed E-state index contributed by atoms with van der Waals surface area (Å²) in [4.78, 5) is 40.4. The van der Waals surface area contributed by atoms with Gasteiger partial charge in [0.25, 0.3) is 0 Å². The summed E-state index contributed by atoms with van der Waals surface area (Å²) >= 11 is 0. The van der Waals surface area contributed by atoms with Crippen LogP contribution in [0.3, 0.4) is 0 Å². The van der Waals surface area contributed by atoms with E-state index in [4.69, 9.17) is 18.5 Å². The molecule has 0 bridgehead atoms. The molecule has 3 rings (SSSR count). The Morgan fingerprint density at radius 2 is 1.62 bits per heavy atom. The van der Waals surface area contributed by atoms with Gasteiger partial charge < -0.3 is 24.4 Å². The summed E-state index contributed by atoms with van der Waals surface area (Å²) in [6, 6.07) is 8.44. The second-order valence-electron chi connectivity index (χ2n) is 11.8. The van der Waals surface area contributed by atoms with Gasteiger partial charge in [0.15, 0.2) is 12.5 Å². The Bertz CT molecular complexity index is 1330. The fourth-order valence-electron chi connectivity index (χ4n) is 5.05. The number of carbonyl (C=O) groups is 2. The van der Waals surface area contributed by atoms with Crippen LogP contribution in [0.15, 0.2) is 47.4 Å². The quantitative estimate of drug-likeness (QED) is 0.0789. The van der Waals surface area contributed by atoms with E-state index in [0.717, 1.165) is 19.3 Å². The number of ether oxygens (including phenoxy) is 2. The number of carbonyl (C=O) groups excluding carboxylic acids is 1. The van der Waals surface area contributed by atoms with Gasteiger partial charge in [-0.15, -0.1) is 0 Å². The molecule has 1 aliphatic heterocycles. The molecule has 1 saturated heterocycles. The zero-order chi connectivity index (χ0) is 33.9. The summed E-state index contributed by atoms with van der Waals surface area (Å²) in [5.41, 5.74) is -0.644.